The number of nitrogens with zero attached hydrogens (tertiary/aromatic N) is 2. The zero-order valence-corrected chi connectivity index (χ0v) is 12.3. The number of carbonyl (C=O) groups is 1. The molecule has 0 bridgehead atoms. The van der Waals surface area contributed by atoms with E-state index in [1.165, 1.54) is 6.20 Å². The molecule has 1 amide bonds. The van der Waals surface area contributed by atoms with Gasteiger partial charge < -0.3 is 15.0 Å². The van der Waals surface area contributed by atoms with Crippen molar-refractivity contribution in [3.63, 3.8) is 0 Å². The first-order valence-electron chi connectivity index (χ1n) is 7.19. The van der Waals surface area contributed by atoms with Crippen molar-refractivity contribution in [2.24, 2.45) is 5.73 Å². The van der Waals surface area contributed by atoms with Gasteiger partial charge in [0.05, 0.1) is 13.3 Å². The second kappa shape index (κ2) is 5.63. The Morgan fingerprint density at radius 1 is 1.36 bits per heavy atom. The molecule has 114 valence electrons. The molecule has 0 radical (unpaired) electrons. The fraction of sp³-hybridized carbons (Fsp3) is 0.312. The molecule has 2 heterocycles. The summed E-state index contributed by atoms with van der Waals surface area (Å²) in [6.45, 7) is 0. The van der Waals surface area contributed by atoms with Crippen LogP contribution in [0.5, 0.6) is 5.75 Å². The number of primary amides is 1. The Hall–Kier alpha value is -2.63. The zero-order chi connectivity index (χ0) is 15.7. The van der Waals surface area contributed by atoms with Crippen molar-refractivity contribution in [1.29, 1.82) is 0 Å². The third kappa shape index (κ3) is 2.26. The van der Waals surface area contributed by atoms with Gasteiger partial charge in [-0.3, -0.25) is 14.6 Å². The van der Waals surface area contributed by atoms with Gasteiger partial charge in [-0.1, -0.05) is 0 Å². The Morgan fingerprint density at radius 3 is 2.86 bits per heavy atom. The van der Waals surface area contributed by atoms with Gasteiger partial charge in [-0.25, -0.2) is 0 Å². The Labute approximate surface area is 127 Å². The third-order valence-corrected chi connectivity index (χ3v) is 4.01. The SMILES string of the molecule is COc1ccncc1-n1cc(C(N)=O)c(=O)c2c1CCCC2. The van der Waals surface area contributed by atoms with Gasteiger partial charge in [-0.2, -0.15) is 0 Å². The Bertz CT molecular complexity index is 796. The molecular weight excluding hydrogens is 282 g/mol. The quantitative estimate of drug-likeness (QED) is 0.923. The number of carbonyl (C=O) groups excluding carboxylic acids is 1. The number of aromatic nitrogens is 2. The van der Waals surface area contributed by atoms with Gasteiger partial charge >= 0.3 is 0 Å². The van der Waals surface area contributed by atoms with Crippen molar-refractivity contribution < 1.29 is 9.53 Å². The predicted octanol–water partition coefficient (Wildman–Crippen LogP) is 1.22. The zero-order valence-electron chi connectivity index (χ0n) is 12.3. The first kappa shape index (κ1) is 14.3. The van der Waals surface area contributed by atoms with Crippen LogP contribution >= 0.6 is 0 Å². The number of hydrogen-bond acceptors (Lipinski definition) is 4. The maximum Gasteiger partial charge on any atom is 0.254 e. The molecule has 3 rings (SSSR count). The van der Waals surface area contributed by atoms with E-state index >= 15 is 0 Å². The second-order valence-electron chi connectivity index (χ2n) is 5.29. The fourth-order valence-electron chi connectivity index (χ4n) is 2.95. The van der Waals surface area contributed by atoms with E-state index < -0.39 is 5.91 Å². The van der Waals surface area contributed by atoms with E-state index in [0.29, 0.717) is 23.4 Å². The maximum absolute atomic E-state index is 12.4. The number of amides is 1. The van der Waals surface area contributed by atoms with Crippen LogP contribution in [-0.2, 0) is 12.8 Å². The first-order valence-corrected chi connectivity index (χ1v) is 7.19. The molecular formula is C16H17N3O3. The van der Waals surface area contributed by atoms with Crippen LogP contribution in [0.15, 0.2) is 29.5 Å². The average molecular weight is 299 g/mol. The van der Waals surface area contributed by atoms with Gasteiger partial charge in [0.15, 0.2) is 5.43 Å². The Kier molecular flexibility index (Phi) is 3.66. The minimum Gasteiger partial charge on any atom is -0.494 e. The number of fused-ring (bicyclic) bond motifs is 1. The summed E-state index contributed by atoms with van der Waals surface area (Å²) in [5.74, 6) is -0.0863. The number of nitrogens with two attached hydrogens (primary N) is 1. The van der Waals surface area contributed by atoms with Gasteiger partial charge in [-0.05, 0) is 25.7 Å². The van der Waals surface area contributed by atoms with E-state index in [-0.39, 0.29) is 11.0 Å². The molecule has 2 aromatic rings. The van der Waals surface area contributed by atoms with Crippen molar-refractivity contribution in [2.75, 3.05) is 7.11 Å². The third-order valence-electron chi connectivity index (χ3n) is 4.01. The van der Waals surface area contributed by atoms with Crippen LogP contribution in [0.4, 0.5) is 0 Å². The molecule has 0 aromatic carbocycles. The molecule has 0 atom stereocenters. The highest BCUT2D eigenvalue weighted by molar-refractivity contribution is 5.92. The van der Waals surface area contributed by atoms with E-state index in [0.717, 1.165) is 25.0 Å². The number of methoxy groups -OCH3 is 1. The lowest BCUT2D eigenvalue weighted by molar-refractivity contribution is 0.0998. The molecule has 2 aromatic heterocycles. The second-order valence-corrected chi connectivity index (χ2v) is 5.29. The van der Waals surface area contributed by atoms with Gasteiger partial charge in [0, 0.05) is 29.7 Å². The molecule has 1 aliphatic rings. The van der Waals surface area contributed by atoms with Crippen LogP contribution in [0.1, 0.15) is 34.5 Å². The smallest absolute Gasteiger partial charge is 0.254 e. The summed E-state index contributed by atoms with van der Waals surface area (Å²) >= 11 is 0. The van der Waals surface area contributed by atoms with Crippen LogP contribution in [-0.4, -0.2) is 22.6 Å². The minimum absolute atomic E-state index is 0.00607. The fourth-order valence-corrected chi connectivity index (χ4v) is 2.95. The van der Waals surface area contributed by atoms with Crippen molar-refractivity contribution >= 4 is 5.91 Å². The largest absolute Gasteiger partial charge is 0.494 e. The standard InChI is InChI=1S/C16H17N3O3/c1-22-14-6-7-18-8-13(14)19-9-11(16(17)21)15(20)10-4-2-3-5-12(10)19/h6-9H,2-5H2,1H3,(H2,17,21). The first-order chi connectivity index (χ1) is 10.6. The summed E-state index contributed by atoms with van der Waals surface area (Å²) in [6, 6.07) is 1.74. The van der Waals surface area contributed by atoms with Crippen molar-refractivity contribution in [1.82, 2.24) is 9.55 Å². The number of rotatable bonds is 3. The minimum atomic E-state index is -0.713. The molecule has 0 spiro atoms. The lowest BCUT2D eigenvalue weighted by atomic mass is 9.93. The normalized spacial score (nSPS) is 13.5. The summed E-state index contributed by atoms with van der Waals surface area (Å²) in [7, 11) is 1.57. The van der Waals surface area contributed by atoms with Gasteiger partial charge in [0.2, 0.25) is 0 Å². The highest BCUT2D eigenvalue weighted by atomic mass is 16.5. The number of hydrogen-bond donors (Lipinski definition) is 1. The number of ether oxygens (including phenoxy) is 1. The lowest BCUT2D eigenvalue weighted by Gasteiger charge is -2.23. The summed E-state index contributed by atoms with van der Waals surface area (Å²) < 4.78 is 7.19. The van der Waals surface area contributed by atoms with E-state index in [1.54, 1.807) is 25.6 Å². The van der Waals surface area contributed by atoms with E-state index in [2.05, 4.69) is 4.98 Å². The molecule has 0 saturated heterocycles. The molecule has 22 heavy (non-hydrogen) atoms. The summed E-state index contributed by atoms with van der Waals surface area (Å²) in [5, 5.41) is 0. The summed E-state index contributed by atoms with van der Waals surface area (Å²) in [5.41, 5.74) is 7.41. The Balaban J connectivity index is 2.33. The molecule has 6 nitrogen and oxygen atoms in total. The highest BCUT2D eigenvalue weighted by Crippen LogP contribution is 2.27. The molecule has 0 saturated carbocycles. The van der Waals surface area contributed by atoms with Gasteiger partial charge in [-0.15, -0.1) is 0 Å². The number of pyridine rings is 2. The molecule has 0 aliphatic heterocycles. The van der Waals surface area contributed by atoms with Crippen LogP contribution in [0.3, 0.4) is 0 Å². The predicted molar refractivity (Wildman–Crippen MR) is 81.5 cm³/mol. The average Bonchev–Trinajstić information content (AvgIpc) is 2.55. The van der Waals surface area contributed by atoms with E-state index in [4.69, 9.17) is 10.5 Å². The molecule has 0 unspecified atom stereocenters. The van der Waals surface area contributed by atoms with E-state index in [1.807, 2.05) is 4.57 Å². The molecule has 1 aliphatic carbocycles. The van der Waals surface area contributed by atoms with Crippen molar-refractivity contribution in [2.45, 2.75) is 25.7 Å². The molecule has 6 heteroatoms. The lowest BCUT2D eigenvalue weighted by Crippen LogP contribution is -2.30. The van der Waals surface area contributed by atoms with Crippen LogP contribution in [0.2, 0.25) is 0 Å². The van der Waals surface area contributed by atoms with Gasteiger partial charge in [0.1, 0.15) is 17.0 Å². The summed E-state index contributed by atoms with van der Waals surface area (Å²) in [4.78, 5) is 28.2. The van der Waals surface area contributed by atoms with Crippen LogP contribution < -0.4 is 15.9 Å². The highest BCUT2D eigenvalue weighted by Gasteiger charge is 2.22. The van der Waals surface area contributed by atoms with Gasteiger partial charge in [0.25, 0.3) is 5.91 Å². The van der Waals surface area contributed by atoms with Crippen molar-refractivity contribution in [3.05, 3.63) is 51.7 Å². The monoisotopic (exact) mass is 299 g/mol. The molecule has 2 N–H and O–H groups in total. The molecule has 0 fully saturated rings. The van der Waals surface area contributed by atoms with Crippen molar-refractivity contribution in [3.8, 4) is 11.4 Å². The topological polar surface area (TPSA) is 87.2 Å². The van der Waals surface area contributed by atoms with Crippen LogP contribution in [0, 0.1) is 0 Å². The van der Waals surface area contributed by atoms with Crippen LogP contribution in [0.25, 0.3) is 5.69 Å². The summed E-state index contributed by atoms with van der Waals surface area (Å²) in [6.07, 6.45) is 8.18. The maximum atomic E-state index is 12.4. The Morgan fingerprint density at radius 2 is 2.14 bits per heavy atom. The van der Waals surface area contributed by atoms with E-state index in [9.17, 15) is 9.59 Å².